The maximum atomic E-state index is 5.94. The highest BCUT2D eigenvalue weighted by molar-refractivity contribution is 5.70. The van der Waals surface area contributed by atoms with E-state index in [0.717, 1.165) is 11.4 Å². The zero-order valence-electron chi connectivity index (χ0n) is 17.2. The van der Waals surface area contributed by atoms with Crippen LogP contribution in [0, 0.1) is 0 Å². The largest absolute Gasteiger partial charge is 0.370 e. The number of nitrogens with two attached hydrogens (primary N) is 1. The van der Waals surface area contributed by atoms with E-state index in [9.17, 15) is 0 Å². The second kappa shape index (κ2) is 7.63. The number of rotatable bonds is 6. The second-order valence-electron chi connectivity index (χ2n) is 7.35. The molecule has 0 saturated heterocycles. The molecule has 1 aromatic carbocycles. The molecule has 1 fully saturated rings. The molecule has 4 aromatic rings. The van der Waals surface area contributed by atoms with Crippen molar-refractivity contribution in [2.45, 2.75) is 18.9 Å². The first-order valence-electron chi connectivity index (χ1n) is 9.93. The van der Waals surface area contributed by atoms with E-state index in [4.69, 9.17) is 10.3 Å². The van der Waals surface area contributed by atoms with Gasteiger partial charge in [-0.1, -0.05) is 23.4 Å². The fraction of sp³-hybridized carbons (Fsp3) is 0.238. The van der Waals surface area contributed by atoms with Crippen LogP contribution < -0.4 is 15.5 Å². The van der Waals surface area contributed by atoms with Gasteiger partial charge < -0.3 is 20.1 Å². The number of aromatic nitrogens is 6. The van der Waals surface area contributed by atoms with Crippen LogP contribution >= 0.6 is 0 Å². The number of hydrogen-bond acceptors (Lipinski definition) is 10. The van der Waals surface area contributed by atoms with Crippen LogP contribution in [0.3, 0.4) is 0 Å². The third-order valence-corrected chi connectivity index (χ3v) is 5.17. The topological polar surface area (TPSA) is 123 Å². The molecule has 0 unspecified atom stereocenters. The molecule has 2 N–H and O–H groups in total. The molecule has 0 spiro atoms. The van der Waals surface area contributed by atoms with Gasteiger partial charge in [0.15, 0.2) is 5.69 Å². The van der Waals surface area contributed by atoms with Crippen molar-refractivity contribution in [3.63, 3.8) is 0 Å². The van der Waals surface area contributed by atoms with Crippen LogP contribution in [0.4, 0.5) is 23.3 Å². The third kappa shape index (κ3) is 3.75. The summed E-state index contributed by atoms with van der Waals surface area (Å²) in [5.74, 6) is 1.20. The third-order valence-electron chi connectivity index (χ3n) is 5.17. The molecule has 3 aromatic heterocycles. The van der Waals surface area contributed by atoms with Crippen molar-refractivity contribution in [3.8, 4) is 23.2 Å². The van der Waals surface area contributed by atoms with Crippen LogP contribution in [0.15, 0.2) is 53.2 Å². The standard InChI is InChI=1S/C21H21N9O/c1-29(14-10-11-14)15-9-6-12-23-16(15)19-24-18(28-31-19)17-25-20(22)27-21(26-17)30(2)13-7-4-3-5-8-13/h3-9,12,14H,10-11H2,1-2H3,(H2,22,25,26,27). The van der Waals surface area contributed by atoms with Gasteiger partial charge in [-0.05, 0) is 37.1 Å². The molecular formula is C21H21N9O. The Labute approximate surface area is 178 Å². The van der Waals surface area contributed by atoms with Gasteiger partial charge in [0.2, 0.25) is 23.5 Å². The number of nitrogens with zero attached hydrogens (tertiary/aromatic N) is 8. The van der Waals surface area contributed by atoms with Gasteiger partial charge in [-0.25, -0.2) is 4.98 Å². The first-order chi connectivity index (χ1) is 15.1. The lowest BCUT2D eigenvalue weighted by Gasteiger charge is -2.19. The molecule has 10 nitrogen and oxygen atoms in total. The SMILES string of the molecule is CN(c1ccccc1)c1nc(N)nc(-c2noc(-c3ncccc3N(C)C3CC3)n2)n1. The van der Waals surface area contributed by atoms with E-state index in [2.05, 4.69) is 35.0 Å². The molecule has 0 bridgehead atoms. The van der Waals surface area contributed by atoms with Crippen LogP contribution in [0.25, 0.3) is 23.2 Å². The molecule has 31 heavy (non-hydrogen) atoms. The highest BCUT2D eigenvalue weighted by atomic mass is 16.5. The molecular weight excluding hydrogens is 394 g/mol. The van der Waals surface area contributed by atoms with Crippen LogP contribution in [0.1, 0.15) is 12.8 Å². The summed E-state index contributed by atoms with van der Waals surface area (Å²) in [5, 5.41) is 4.07. The average Bonchev–Trinajstić information content (AvgIpc) is 3.54. The van der Waals surface area contributed by atoms with Crippen LogP contribution in [0.2, 0.25) is 0 Å². The van der Waals surface area contributed by atoms with Crippen molar-refractivity contribution in [1.29, 1.82) is 0 Å². The van der Waals surface area contributed by atoms with Crippen molar-refractivity contribution >= 4 is 23.3 Å². The Kier molecular flexibility index (Phi) is 4.66. The lowest BCUT2D eigenvalue weighted by atomic mass is 10.2. The summed E-state index contributed by atoms with van der Waals surface area (Å²) in [7, 11) is 3.90. The fourth-order valence-electron chi connectivity index (χ4n) is 3.31. The van der Waals surface area contributed by atoms with Gasteiger partial charge in [0.05, 0.1) is 5.69 Å². The molecule has 156 valence electrons. The summed E-state index contributed by atoms with van der Waals surface area (Å²) in [5.41, 5.74) is 8.42. The summed E-state index contributed by atoms with van der Waals surface area (Å²) >= 11 is 0. The summed E-state index contributed by atoms with van der Waals surface area (Å²) in [6.45, 7) is 0. The van der Waals surface area contributed by atoms with E-state index in [0.29, 0.717) is 23.6 Å². The molecule has 1 saturated carbocycles. The van der Waals surface area contributed by atoms with Gasteiger partial charge in [-0.15, -0.1) is 0 Å². The van der Waals surface area contributed by atoms with Gasteiger partial charge in [-0.3, -0.25) is 0 Å². The van der Waals surface area contributed by atoms with E-state index < -0.39 is 0 Å². The molecule has 3 heterocycles. The zero-order chi connectivity index (χ0) is 21.4. The minimum Gasteiger partial charge on any atom is -0.370 e. The van der Waals surface area contributed by atoms with Crippen molar-refractivity contribution < 1.29 is 4.52 Å². The smallest absolute Gasteiger partial charge is 0.279 e. The first-order valence-corrected chi connectivity index (χ1v) is 9.93. The Hall–Kier alpha value is -4.08. The minimum atomic E-state index is 0.0705. The average molecular weight is 415 g/mol. The maximum absolute atomic E-state index is 5.94. The number of para-hydroxylation sites is 1. The fourth-order valence-corrected chi connectivity index (χ4v) is 3.31. The van der Waals surface area contributed by atoms with E-state index >= 15 is 0 Å². The Morgan fingerprint density at radius 2 is 1.74 bits per heavy atom. The van der Waals surface area contributed by atoms with E-state index in [1.54, 1.807) is 6.20 Å². The molecule has 0 radical (unpaired) electrons. The maximum Gasteiger partial charge on any atom is 0.279 e. The minimum absolute atomic E-state index is 0.0705. The summed E-state index contributed by atoms with van der Waals surface area (Å²) in [6, 6.07) is 14.1. The Bertz CT molecular complexity index is 1210. The highest BCUT2D eigenvalue weighted by Crippen LogP contribution is 2.35. The van der Waals surface area contributed by atoms with Gasteiger partial charge in [0, 0.05) is 32.0 Å². The monoisotopic (exact) mass is 415 g/mol. The molecule has 0 atom stereocenters. The Morgan fingerprint density at radius 1 is 0.935 bits per heavy atom. The molecule has 0 aliphatic heterocycles. The molecule has 5 rings (SSSR count). The van der Waals surface area contributed by atoms with Crippen molar-refractivity contribution in [3.05, 3.63) is 48.7 Å². The zero-order valence-corrected chi connectivity index (χ0v) is 17.2. The Balaban J connectivity index is 1.49. The predicted octanol–water partition coefficient (Wildman–Crippen LogP) is 2.93. The van der Waals surface area contributed by atoms with Crippen LogP contribution in [0.5, 0.6) is 0 Å². The number of anilines is 4. The molecule has 0 amide bonds. The van der Waals surface area contributed by atoms with E-state index in [1.807, 2.05) is 61.5 Å². The van der Waals surface area contributed by atoms with Crippen LogP contribution in [-0.4, -0.2) is 50.2 Å². The van der Waals surface area contributed by atoms with Gasteiger partial charge in [0.1, 0.15) is 0 Å². The number of pyridine rings is 1. The quantitative estimate of drug-likeness (QED) is 0.503. The number of nitrogen functional groups attached to an aromatic ring is 1. The molecule has 10 heteroatoms. The molecule has 1 aliphatic carbocycles. The van der Waals surface area contributed by atoms with E-state index in [-0.39, 0.29) is 17.6 Å². The van der Waals surface area contributed by atoms with Crippen molar-refractivity contribution in [2.24, 2.45) is 0 Å². The lowest BCUT2D eigenvalue weighted by Crippen LogP contribution is -2.20. The van der Waals surface area contributed by atoms with Crippen LogP contribution in [-0.2, 0) is 0 Å². The second-order valence-corrected chi connectivity index (χ2v) is 7.35. The highest BCUT2D eigenvalue weighted by Gasteiger charge is 2.29. The predicted molar refractivity (Wildman–Crippen MR) is 117 cm³/mol. The van der Waals surface area contributed by atoms with Gasteiger partial charge in [-0.2, -0.15) is 19.9 Å². The van der Waals surface area contributed by atoms with Crippen molar-refractivity contribution in [1.82, 2.24) is 30.1 Å². The normalized spacial score (nSPS) is 13.2. The van der Waals surface area contributed by atoms with E-state index in [1.165, 1.54) is 12.8 Å². The molecule has 1 aliphatic rings. The summed E-state index contributed by atoms with van der Waals surface area (Å²) in [6.07, 6.45) is 4.04. The Morgan fingerprint density at radius 3 is 2.52 bits per heavy atom. The van der Waals surface area contributed by atoms with Gasteiger partial charge >= 0.3 is 0 Å². The number of benzene rings is 1. The lowest BCUT2D eigenvalue weighted by molar-refractivity contribution is 0.430. The van der Waals surface area contributed by atoms with Crippen molar-refractivity contribution in [2.75, 3.05) is 29.6 Å². The summed E-state index contributed by atoms with van der Waals surface area (Å²) in [4.78, 5) is 25.9. The number of hydrogen-bond donors (Lipinski definition) is 1. The summed E-state index contributed by atoms with van der Waals surface area (Å²) < 4.78 is 5.52. The van der Waals surface area contributed by atoms with Gasteiger partial charge in [0.25, 0.3) is 5.89 Å². The first kappa shape index (κ1) is 18.9.